The Morgan fingerprint density at radius 2 is 1.88 bits per heavy atom. The fraction of sp³-hybridized carbons (Fsp3) is 0.429. The van der Waals surface area contributed by atoms with Crippen LogP contribution in [0.2, 0.25) is 0 Å². The maximum absolute atomic E-state index is 11.8. The van der Waals surface area contributed by atoms with Gasteiger partial charge in [0.2, 0.25) is 0 Å². The number of carbonyl (C=O) groups is 1. The van der Waals surface area contributed by atoms with Crippen molar-refractivity contribution in [3.8, 4) is 0 Å². The minimum atomic E-state index is -0.331. The van der Waals surface area contributed by atoms with Crippen molar-refractivity contribution < 1.29 is 9.53 Å². The van der Waals surface area contributed by atoms with Crippen molar-refractivity contribution in [1.29, 1.82) is 0 Å². The lowest BCUT2D eigenvalue weighted by atomic mass is 9.95. The monoisotopic (exact) mass is 338 g/mol. The van der Waals surface area contributed by atoms with E-state index < -0.39 is 0 Å². The third-order valence-corrected chi connectivity index (χ3v) is 4.70. The normalized spacial score (nSPS) is 17.5. The minimum absolute atomic E-state index is 0.331. The number of ether oxygens (including phenoxy) is 1. The Kier molecular flexibility index (Phi) is 5.37. The highest BCUT2D eigenvalue weighted by atomic mass is 16.5. The predicted octanol–water partition coefficient (Wildman–Crippen LogP) is 4.17. The first-order valence-electron chi connectivity index (χ1n) is 9.18. The van der Waals surface area contributed by atoms with Crippen LogP contribution in [-0.4, -0.2) is 36.3 Å². The highest BCUT2D eigenvalue weighted by Gasteiger charge is 2.26. The molecule has 0 N–H and O–H groups in total. The lowest BCUT2D eigenvalue weighted by Crippen LogP contribution is -2.21. The van der Waals surface area contributed by atoms with Crippen molar-refractivity contribution in [2.75, 3.05) is 19.7 Å². The van der Waals surface area contributed by atoms with Crippen LogP contribution < -0.4 is 0 Å². The number of allylic oxidation sites excluding steroid dienone is 2. The van der Waals surface area contributed by atoms with Gasteiger partial charge in [-0.25, -0.2) is 9.79 Å². The molecule has 0 saturated carbocycles. The Hall–Kier alpha value is -2.36. The Morgan fingerprint density at radius 3 is 2.44 bits per heavy atom. The van der Waals surface area contributed by atoms with Crippen molar-refractivity contribution in [3.05, 3.63) is 52.7 Å². The maximum atomic E-state index is 11.8. The number of nitrogens with zero attached hydrogens (tertiary/aromatic N) is 2. The smallest absolute Gasteiger partial charge is 0.357 e. The van der Waals surface area contributed by atoms with E-state index in [2.05, 4.69) is 47.2 Å². The van der Waals surface area contributed by atoms with Gasteiger partial charge in [0.05, 0.1) is 12.3 Å². The fourth-order valence-corrected chi connectivity index (χ4v) is 3.40. The molecule has 3 rings (SSSR count). The lowest BCUT2D eigenvalue weighted by Gasteiger charge is -2.23. The Balaban J connectivity index is 1.76. The zero-order valence-corrected chi connectivity index (χ0v) is 15.3. The summed E-state index contributed by atoms with van der Waals surface area (Å²) in [5.41, 5.74) is 5.88. The van der Waals surface area contributed by atoms with Gasteiger partial charge in [-0.1, -0.05) is 37.3 Å². The molecule has 4 nitrogen and oxygen atoms in total. The molecule has 2 heterocycles. The Labute approximate surface area is 149 Å². The van der Waals surface area contributed by atoms with Crippen LogP contribution in [0.3, 0.4) is 0 Å². The first kappa shape index (κ1) is 17.5. The summed E-state index contributed by atoms with van der Waals surface area (Å²) < 4.78 is 5.02. The van der Waals surface area contributed by atoms with E-state index in [1.807, 2.05) is 6.92 Å². The van der Waals surface area contributed by atoms with E-state index in [0.29, 0.717) is 12.3 Å². The number of carbonyl (C=O) groups excluding carboxylic acids is 1. The molecule has 4 heteroatoms. The number of esters is 1. The summed E-state index contributed by atoms with van der Waals surface area (Å²) in [5.74, 6) is -0.331. The van der Waals surface area contributed by atoms with Crippen molar-refractivity contribution in [1.82, 2.24) is 4.90 Å². The number of hydrogen-bond donors (Lipinski definition) is 0. The van der Waals surface area contributed by atoms with Gasteiger partial charge >= 0.3 is 5.97 Å². The molecule has 0 radical (unpaired) electrons. The zero-order chi connectivity index (χ0) is 17.8. The third kappa shape index (κ3) is 3.53. The Morgan fingerprint density at radius 1 is 1.20 bits per heavy atom. The standard InChI is InChI=1S/C21H26N2O2/c1-4-8-18(23-13-6-7-14-23)16-9-11-17(12-10-16)19-15(3)20(22-19)21(24)25-5-2/h8-12H,4-7,13-14H2,1-3H3/b18-8+. The molecule has 0 aliphatic carbocycles. The van der Waals surface area contributed by atoms with Gasteiger partial charge in [-0.3, -0.25) is 0 Å². The highest BCUT2D eigenvalue weighted by molar-refractivity contribution is 6.22. The van der Waals surface area contributed by atoms with Gasteiger partial charge in [-0.15, -0.1) is 0 Å². The molecule has 2 aliphatic rings. The van der Waals surface area contributed by atoms with E-state index in [1.165, 1.54) is 24.1 Å². The molecular formula is C21H26N2O2. The van der Waals surface area contributed by atoms with E-state index in [-0.39, 0.29) is 5.97 Å². The van der Waals surface area contributed by atoms with Crippen LogP contribution in [0.25, 0.3) is 5.70 Å². The maximum Gasteiger partial charge on any atom is 0.357 e. The largest absolute Gasteiger partial charge is 0.461 e. The van der Waals surface area contributed by atoms with Crippen LogP contribution in [0.5, 0.6) is 0 Å². The van der Waals surface area contributed by atoms with Gasteiger partial charge in [-0.05, 0) is 38.7 Å². The summed E-state index contributed by atoms with van der Waals surface area (Å²) in [6, 6.07) is 8.51. The third-order valence-electron chi connectivity index (χ3n) is 4.70. The van der Waals surface area contributed by atoms with Crippen LogP contribution in [0.15, 0.2) is 46.6 Å². The molecule has 0 spiro atoms. The predicted molar refractivity (Wildman–Crippen MR) is 101 cm³/mol. The first-order valence-corrected chi connectivity index (χ1v) is 9.18. The van der Waals surface area contributed by atoms with Gasteiger partial charge in [0, 0.05) is 29.9 Å². The van der Waals surface area contributed by atoms with E-state index in [9.17, 15) is 4.79 Å². The Bertz CT molecular complexity index is 736. The summed E-state index contributed by atoms with van der Waals surface area (Å²) in [6.45, 7) is 8.57. The summed E-state index contributed by atoms with van der Waals surface area (Å²) in [5, 5.41) is 0. The number of likely N-dealkylation sites (tertiary alicyclic amines) is 1. The second-order valence-corrected chi connectivity index (χ2v) is 6.42. The van der Waals surface area contributed by atoms with Crippen LogP contribution in [0, 0.1) is 0 Å². The molecule has 25 heavy (non-hydrogen) atoms. The fourth-order valence-electron chi connectivity index (χ4n) is 3.40. The lowest BCUT2D eigenvalue weighted by molar-refractivity contribution is -0.138. The second-order valence-electron chi connectivity index (χ2n) is 6.42. The molecule has 1 fully saturated rings. The molecular weight excluding hydrogens is 312 g/mol. The minimum Gasteiger partial charge on any atom is -0.461 e. The van der Waals surface area contributed by atoms with E-state index >= 15 is 0 Å². The number of aliphatic imine (C=N–C) groups is 1. The van der Waals surface area contributed by atoms with Crippen LogP contribution >= 0.6 is 0 Å². The molecule has 0 amide bonds. The van der Waals surface area contributed by atoms with Crippen LogP contribution in [-0.2, 0) is 9.53 Å². The number of rotatable bonds is 6. The summed E-state index contributed by atoms with van der Waals surface area (Å²) >= 11 is 0. The summed E-state index contributed by atoms with van der Waals surface area (Å²) in [7, 11) is 0. The molecule has 2 aliphatic heterocycles. The molecule has 1 saturated heterocycles. The van der Waals surface area contributed by atoms with Gasteiger partial charge in [-0.2, -0.15) is 0 Å². The number of hydrogen-bond acceptors (Lipinski definition) is 4. The number of benzene rings is 1. The summed E-state index contributed by atoms with van der Waals surface area (Å²) in [4.78, 5) is 18.6. The highest BCUT2D eigenvalue weighted by Crippen LogP contribution is 2.28. The topological polar surface area (TPSA) is 41.9 Å². The molecule has 0 unspecified atom stereocenters. The zero-order valence-electron chi connectivity index (χ0n) is 15.3. The second kappa shape index (κ2) is 7.68. The van der Waals surface area contributed by atoms with Crippen molar-refractivity contribution in [2.45, 2.75) is 40.0 Å². The van der Waals surface area contributed by atoms with E-state index in [1.54, 1.807) is 6.92 Å². The molecule has 132 valence electrons. The van der Waals surface area contributed by atoms with Crippen molar-refractivity contribution in [3.63, 3.8) is 0 Å². The van der Waals surface area contributed by atoms with Crippen LogP contribution in [0.4, 0.5) is 0 Å². The van der Waals surface area contributed by atoms with E-state index in [0.717, 1.165) is 36.4 Å². The summed E-state index contributed by atoms with van der Waals surface area (Å²) in [6.07, 6.45) is 5.89. The molecule has 1 aromatic rings. The molecule has 0 aromatic heterocycles. The van der Waals surface area contributed by atoms with Gasteiger partial charge in [0.25, 0.3) is 0 Å². The van der Waals surface area contributed by atoms with Gasteiger partial charge < -0.3 is 9.64 Å². The first-order chi connectivity index (χ1) is 12.2. The SMILES string of the molecule is CC/C=C(\c1ccc(C2=NC(C(=O)OCC)=C2C)cc1)N1CCCC1. The van der Waals surface area contributed by atoms with Crippen LogP contribution in [0.1, 0.15) is 51.2 Å². The van der Waals surface area contributed by atoms with Gasteiger partial charge in [0.15, 0.2) is 5.70 Å². The molecule has 0 bridgehead atoms. The van der Waals surface area contributed by atoms with Crippen molar-refractivity contribution >= 4 is 17.4 Å². The molecule has 0 atom stereocenters. The van der Waals surface area contributed by atoms with Crippen molar-refractivity contribution in [2.24, 2.45) is 4.99 Å². The average molecular weight is 338 g/mol. The average Bonchev–Trinajstić information content (AvgIpc) is 3.14. The van der Waals surface area contributed by atoms with E-state index in [4.69, 9.17) is 4.74 Å². The molecule has 1 aromatic carbocycles. The van der Waals surface area contributed by atoms with Gasteiger partial charge in [0.1, 0.15) is 0 Å². The quantitative estimate of drug-likeness (QED) is 0.731.